The molecule has 150 valence electrons. The van der Waals surface area contributed by atoms with Gasteiger partial charge in [0.15, 0.2) is 11.5 Å². The summed E-state index contributed by atoms with van der Waals surface area (Å²) in [6.45, 7) is 0. The van der Waals surface area contributed by atoms with E-state index in [0.29, 0.717) is 30.0 Å². The number of pyridine rings is 1. The maximum atomic E-state index is 12.3. The van der Waals surface area contributed by atoms with Crippen LogP contribution >= 0.6 is 0 Å². The molecule has 29 heavy (non-hydrogen) atoms. The molecule has 0 fully saturated rings. The highest BCUT2D eigenvalue weighted by molar-refractivity contribution is 5.90. The van der Waals surface area contributed by atoms with Crippen molar-refractivity contribution in [2.75, 3.05) is 31.5 Å². The molecule has 0 saturated heterocycles. The van der Waals surface area contributed by atoms with Crippen LogP contribution in [0.1, 0.15) is 12.0 Å². The Balaban J connectivity index is 1.56. The lowest BCUT2D eigenvalue weighted by molar-refractivity contribution is -0.116. The van der Waals surface area contributed by atoms with E-state index in [1.807, 2.05) is 72.6 Å². The van der Waals surface area contributed by atoms with Gasteiger partial charge in [-0.1, -0.05) is 24.3 Å². The van der Waals surface area contributed by atoms with Gasteiger partial charge in [-0.25, -0.2) is 4.98 Å². The van der Waals surface area contributed by atoms with Crippen molar-refractivity contribution in [3.63, 3.8) is 0 Å². The van der Waals surface area contributed by atoms with Crippen molar-refractivity contribution in [3.05, 3.63) is 72.4 Å². The van der Waals surface area contributed by atoms with Gasteiger partial charge in [0, 0.05) is 19.2 Å². The third-order valence-electron chi connectivity index (χ3n) is 4.61. The number of anilines is 3. The van der Waals surface area contributed by atoms with Gasteiger partial charge in [0.05, 0.1) is 26.1 Å². The Hall–Kier alpha value is -3.54. The average molecular weight is 391 g/mol. The summed E-state index contributed by atoms with van der Waals surface area (Å²) in [4.78, 5) is 18.7. The summed E-state index contributed by atoms with van der Waals surface area (Å²) in [7, 11) is 5.15. The topological polar surface area (TPSA) is 63.7 Å². The summed E-state index contributed by atoms with van der Waals surface area (Å²) in [5.41, 5.74) is 2.73. The van der Waals surface area contributed by atoms with Gasteiger partial charge in [0.25, 0.3) is 0 Å². The third kappa shape index (κ3) is 5.25. The highest BCUT2D eigenvalue weighted by Gasteiger charge is 2.09. The number of carbonyl (C=O) groups excluding carboxylic acids is 1. The predicted molar refractivity (Wildman–Crippen MR) is 115 cm³/mol. The van der Waals surface area contributed by atoms with E-state index < -0.39 is 0 Å². The number of ether oxygens (including phenoxy) is 2. The molecule has 1 N–H and O–H groups in total. The highest BCUT2D eigenvalue weighted by atomic mass is 16.5. The maximum absolute atomic E-state index is 12.3. The van der Waals surface area contributed by atoms with Crippen molar-refractivity contribution in [3.8, 4) is 11.5 Å². The zero-order valence-electron chi connectivity index (χ0n) is 16.9. The standard InChI is InChI=1S/C23H25N3O3/c1-26(19-7-5-4-6-8-19)22-13-11-18(16-24-22)25-23(27)14-10-17-9-12-20(28-2)21(15-17)29-3/h4-9,11-13,15-16H,10,14H2,1-3H3,(H,25,27). The van der Waals surface area contributed by atoms with Gasteiger partial charge in [-0.15, -0.1) is 0 Å². The van der Waals surface area contributed by atoms with Crippen LogP contribution < -0.4 is 19.7 Å². The molecule has 6 nitrogen and oxygen atoms in total. The number of nitrogens with one attached hydrogen (secondary N) is 1. The second kappa shape index (κ2) is 9.59. The summed E-state index contributed by atoms with van der Waals surface area (Å²) in [6.07, 6.45) is 2.64. The number of methoxy groups -OCH3 is 2. The van der Waals surface area contributed by atoms with E-state index in [2.05, 4.69) is 10.3 Å². The number of carbonyl (C=O) groups is 1. The molecule has 0 spiro atoms. The molecule has 0 saturated carbocycles. The molecule has 0 bridgehead atoms. The monoisotopic (exact) mass is 391 g/mol. The molecule has 3 aromatic rings. The smallest absolute Gasteiger partial charge is 0.224 e. The van der Waals surface area contributed by atoms with Crippen molar-refractivity contribution in [1.29, 1.82) is 0 Å². The number of nitrogens with zero attached hydrogens (tertiary/aromatic N) is 2. The van der Waals surface area contributed by atoms with Gasteiger partial charge >= 0.3 is 0 Å². The van der Waals surface area contributed by atoms with Crippen LogP contribution in [0.15, 0.2) is 66.9 Å². The molecule has 1 aromatic heterocycles. The summed E-state index contributed by atoms with van der Waals surface area (Å²) >= 11 is 0. The van der Waals surface area contributed by atoms with Gasteiger partial charge in [-0.05, 0) is 48.4 Å². The molecule has 0 radical (unpaired) electrons. The first kappa shape index (κ1) is 20.2. The molecule has 0 aliphatic heterocycles. The molecule has 0 aliphatic carbocycles. The third-order valence-corrected chi connectivity index (χ3v) is 4.61. The lowest BCUT2D eigenvalue weighted by Gasteiger charge is -2.18. The lowest BCUT2D eigenvalue weighted by atomic mass is 10.1. The number of hydrogen-bond donors (Lipinski definition) is 1. The zero-order valence-corrected chi connectivity index (χ0v) is 16.9. The van der Waals surface area contributed by atoms with E-state index in [9.17, 15) is 4.79 Å². The minimum atomic E-state index is -0.0641. The Morgan fingerprint density at radius 3 is 2.41 bits per heavy atom. The summed E-state index contributed by atoms with van der Waals surface area (Å²) in [6, 6.07) is 19.4. The molecule has 6 heteroatoms. The number of para-hydroxylation sites is 1. The Kier molecular flexibility index (Phi) is 6.68. The van der Waals surface area contributed by atoms with E-state index in [1.165, 1.54) is 0 Å². The predicted octanol–water partition coefficient (Wildman–Crippen LogP) is 4.44. The lowest BCUT2D eigenvalue weighted by Crippen LogP contribution is -2.14. The Morgan fingerprint density at radius 1 is 1.00 bits per heavy atom. The van der Waals surface area contributed by atoms with Crippen molar-refractivity contribution in [1.82, 2.24) is 4.98 Å². The summed E-state index contributed by atoms with van der Waals surface area (Å²) in [5, 5.41) is 2.89. The largest absolute Gasteiger partial charge is 0.493 e. The fraction of sp³-hybridized carbons (Fsp3) is 0.217. The first-order valence-electron chi connectivity index (χ1n) is 9.36. The van der Waals surface area contributed by atoms with E-state index in [-0.39, 0.29) is 5.91 Å². The molecular formula is C23H25N3O3. The second-order valence-corrected chi connectivity index (χ2v) is 6.54. The van der Waals surface area contributed by atoms with Gasteiger partial charge < -0.3 is 19.7 Å². The first-order valence-corrected chi connectivity index (χ1v) is 9.36. The van der Waals surface area contributed by atoms with Gasteiger partial charge in [-0.3, -0.25) is 4.79 Å². The van der Waals surface area contributed by atoms with E-state index >= 15 is 0 Å². The van der Waals surface area contributed by atoms with Gasteiger partial charge in [-0.2, -0.15) is 0 Å². The van der Waals surface area contributed by atoms with Gasteiger partial charge in [0.1, 0.15) is 5.82 Å². The summed E-state index contributed by atoms with van der Waals surface area (Å²) < 4.78 is 10.5. The van der Waals surface area contributed by atoms with E-state index in [0.717, 1.165) is 17.1 Å². The van der Waals surface area contributed by atoms with Crippen LogP contribution in [0.3, 0.4) is 0 Å². The minimum Gasteiger partial charge on any atom is -0.493 e. The van der Waals surface area contributed by atoms with Crippen LogP contribution in [-0.4, -0.2) is 32.2 Å². The van der Waals surface area contributed by atoms with Gasteiger partial charge in [0.2, 0.25) is 5.91 Å². The molecular weight excluding hydrogens is 366 g/mol. The maximum Gasteiger partial charge on any atom is 0.224 e. The van der Waals surface area contributed by atoms with Crippen LogP contribution in [0.4, 0.5) is 17.2 Å². The van der Waals surface area contributed by atoms with E-state index in [4.69, 9.17) is 9.47 Å². The van der Waals surface area contributed by atoms with Crippen molar-refractivity contribution in [2.45, 2.75) is 12.8 Å². The fourth-order valence-corrected chi connectivity index (χ4v) is 2.96. The first-order chi connectivity index (χ1) is 14.1. The van der Waals surface area contributed by atoms with Crippen LogP contribution in [0.25, 0.3) is 0 Å². The Bertz CT molecular complexity index is 943. The van der Waals surface area contributed by atoms with E-state index in [1.54, 1.807) is 20.4 Å². The number of benzene rings is 2. The number of aryl methyl sites for hydroxylation is 1. The Labute approximate surface area is 171 Å². The fourth-order valence-electron chi connectivity index (χ4n) is 2.96. The highest BCUT2D eigenvalue weighted by Crippen LogP contribution is 2.28. The molecule has 3 rings (SSSR count). The second-order valence-electron chi connectivity index (χ2n) is 6.54. The number of amides is 1. The Morgan fingerprint density at radius 2 is 1.76 bits per heavy atom. The average Bonchev–Trinajstić information content (AvgIpc) is 2.78. The SMILES string of the molecule is COc1ccc(CCC(=O)Nc2ccc(N(C)c3ccccc3)nc2)cc1OC. The molecule has 0 aliphatic rings. The van der Waals surface area contributed by atoms with Crippen LogP contribution in [0, 0.1) is 0 Å². The molecule has 2 aromatic carbocycles. The molecule has 1 amide bonds. The number of aromatic nitrogens is 1. The normalized spacial score (nSPS) is 10.3. The number of hydrogen-bond acceptors (Lipinski definition) is 5. The van der Waals surface area contributed by atoms with Crippen molar-refractivity contribution < 1.29 is 14.3 Å². The zero-order chi connectivity index (χ0) is 20.6. The van der Waals surface area contributed by atoms with Crippen molar-refractivity contribution >= 4 is 23.1 Å². The molecule has 0 atom stereocenters. The summed E-state index contributed by atoms with van der Waals surface area (Å²) in [5.74, 6) is 2.07. The van der Waals surface area contributed by atoms with Crippen LogP contribution in [0.2, 0.25) is 0 Å². The van der Waals surface area contributed by atoms with Crippen molar-refractivity contribution in [2.24, 2.45) is 0 Å². The molecule has 1 heterocycles. The molecule has 0 unspecified atom stereocenters. The van der Waals surface area contributed by atoms with Crippen LogP contribution in [-0.2, 0) is 11.2 Å². The van der Waals surface area contributed by atoms with Crippen LogP contribution in [0.5, 0.6) is 11.5 Å². The minimum absolute atomic E-state index is 0.0641. The number of rotatable bonds is 8. The quantitative estimate of drug-likeness (QED) is 0.615.